The summed E-state index contributed by atoms with van der Waals surface area (Å²) in [5.74, 6) is 0.934. The SMILES string of the molecule is C=C(CSC=Cc1ccc([N+](=O)[O-])c(C(=O)c2ccccc2)c1)OCC. The van der Waals surface area contributed by atoms with Crippen LogP contribution in [0.15, 0.2) is 66.3 Å². The van der Waals surface area contributed by atoms with Gasteiger partial charge in [-0.05, 0) is 36.1 Å². The molecule has 2 aromatic rings. The highest BCUT2D eigenvalue weighted by Gasteiger charge is 2.21. The minimum atomic E-state index is -0.537. The van der Waals surface area contributed by atoms with Crippen LogP contribution >= 0.6 is 11.8 Å². The lowest BCUT2D eigenvalue weighted by Crippen LogP contribution is -2.05. The highest BCUT2D eigenvalue weighted by atomic mass is 32.2. The maximum absolute atomic E-state index is 12.7. The molecule has 0 bridgehead atoms. The molecule has 0 fully saturated rings. The summed E-state index contributed by atoms with van der Waals surface area (Å²) in [6.07, 6.45) is 1.80. The van der Waals surface area contributed by atoms with E-state index in [4.69, 9.17) is 4.74 Å². The number of carbonyl (C=O) groups is 1. The fourth-order valence-electron chi connectivity index (χ4n) is 2.26. The van der Waals surface area contributed by atoms with E-state index in [1.165, 1.54) is 17.8 Å². The van der Waals surface area contributed by atoms with E-state index in [0.717, 1.165) is 0 Å². The van der Waals surface area contributed by atoms with Crippen molar-refractivity contribution in [3.63, 3.8) is 0 Å². The Morgan fingerprint density at radius 2 is 2.00 bits per heavy atom. The Bertz CT molecular complexity index is 831. The third kappa shape index (κ3) is 5.32. The molecule has 0 aliphatic heterocycles. The van der Waals surface area contributed by atoms with Gasteiger partial charge in [0, 0.05) is 11.6 Å². The second-order valence-electron chi connectivity index (χ2n) is 5.31. The Kier molecular flexibility index (Phi) is 7.17. The van der Waals surface area contributed by atoms with Crippen molar-refractivity contribution in [1.29, 1.82) is 0 Å². The number of rotatable bonds is 9. The molecule has 0 saturated heterocycles. The number of ether oxygens (including phenoxy) is 1. The predicted molar refractivity (Wildman–Crippen MR) is 105 cm³/mol. The van der Waals surface area contributed by atoms with Crippen LogP contribution in [0.2, 0.25) is 0 Å². The molecule has 0 atom stereocenters. The van der Waals surface area contributed by atoms with Gasteiger partial charge >= 0.3 is 0 Å². The molecular formula is C20H19NO4S. The number of nitro benzene ring substituents is 1. The largest absolute Gasteiger partial charge is 0.498 e. The zero-order chi connectivity index (χ0) is 18.9. The van der Waals surface area contributed by atoms with Gasteiger partial charge in [0.1, 0.15) is 5.56 Å². The summed E-state index contributed by atoms with van der Waals surface area (Å²) in [5.41, 5.74) is 1.00. The van der Waals surface area contributed by atoms with Gasteiger partial charge in [0.2, 0.25) is 0 Å². The monoisotopic (exact) mass is 369 g/mol. The molecule has 134 valence electrons. The van der Waals surface area contributed by atoms with E-state index >= 15 is 0 Å². The van der Waals surface area contributed by atoms with Gasteiger partial charge in [-0.3, -0.25) is 14.9 Å². The number of nitrogens with zero attached hydrogens (tertiary/aromatic N) is 1. The zero-order valence-electron chi connectivity index (χ0n) is 14.4. The number of carbonyl (C=O) groups excluding carboxylic acids is 1. The molecule has 0 heterocycles. The van der Waals surface area contributed by atoms with Crippen molar-refractivity contribution in [3.05, 3.63) is 93.1 Å². The number of ketones is 1. The molecule has 0 unspecified atom stereocenters. The average molecular weight is 369 g/mol. The first-order chi connectivity index (χ1) is 12.5. The van der Waals surface area contributed by atoms with Gasteiger partial charge in [-0.1, -0.05) is 36.9 Å². The molecule has 0 saturated carbocycles. The van der Waals surface area contributed by atoms with Gasteiger partial charge in [0.25, 0.3) is 5.69 Å². The average Bonchev–Trinajstić information content (AvgIpc) is 2.65. The number of hydrogen-bond donors (Lipinski definition) is 0. The first kappa shape index (κ1) is 19.5. The highest BCUT2D eigenvalue weighted by molar-refractivity contribution is 8.02. The molecule has 0 radical (unpaired) electrons. The maximum atomic E-state index is 12.7. The van der Waals surface area contributed by atoms with Gasteiger partial charge in [-0.15, -0.1) is 11.8 Å². The molecule has 0 aliphatic carbocycles. The number of nitro groups is 1. The Labute approximate surface area is 156 Å². The summed E-state index contributed by atoms with van der Waals surface area (Å²) in [5, 5.41) is 13.1. The molecule has 0 N–H and O–H groups in total. The van der Waals surface area contributed by atoms with E-state index in [1.807, 2.05) is 12.3 Å². The van der Waals surface area contributed by atoms with Crippen LogP contribution < -0.4 is 0 Å². The number of thioether (sulfide) groups is 1. The van der Waals surface area contributed by atoms with Crippen molar-refractivity contribution < 1.29 is 14.5 Å². The van der Waals surface area contributed by atoms with E-state index < -0.39 is 4.92 Å². The first-order valence-corrected chi connectivity index (χ1v) is 9.04. The van der Waals surface area contributed by atoms with E-state index in [0.29, 0.717) is 29.2 Å². The van der Waals surface area contributed by atoms with Crippen LogP contribution in [0.25, 0.3) is 6.08 Å². The molecule has 2 rings (SSSR count). The fraction of sp³-hybridized carbons (Fsp3) is 0.150. The lowest BCUT2D eigenvalue weighted by molar-refractivity contribution is -0.385. The molecule has 0 aromatic heterocycles. The van der Waals surface area contributed by atoms with Crippen LogP contribution in [0.3, 0.4) is 0 Å². The standard InChI is InChI=1S/C20H19NO4S/c1-3-25-15(2)14-26-12-11-16-9-10-19(21(23)24)18(13-16)20(22)17-7-5-4-6-8-17/h4-13H,2-3,14H2,1H3. The quantitative estimate of drug-likeness (QED) is 0.267. The van der Waals surface area contributed by atoms with Crippen LogP contribution in [0.5, 0.6) is 0 Å². The van der Waals surface area contributed by atoms with E-state index in [-0.39, 0.29) is 17.0 Å². The molecular weight excluding hydrogens is 350 g/mol. The maximum Gasteiger partial charge on any atom is 0.280 e. The van der Waals surface area contributed by atoms with Crippen LogP contribution in [-0.4, -0.2) is 23.1 Å². The summed E-state index contributed by atoms with van der Waals surface area (Å²) in [7, 11) is 0. The Morgan fingerprint density at radius 1 is 1.27 bits per heavy atom. The van der Waals surface area contributed by atoms with Crippen LogP contribution in [0.1, 0.15) is 28.4 Å². The van der Waals surface area contributed by atoms with Crippen LogP contribution in [0, 0.1) is 10.1 Å². The molecule has 5 nitrogen and oxygen atoms in total. The molecule has 0 spiro atoms. The molecule has 2 aromatic carbocycles. The fourth-order valence-corrected chi connectivity index (χ4v) is 2.88. The Hall–Kier alpha value is -2.86. The van der Waals surface area contributed by atoms with Crippen molar-refractivity contribution in [2.75, 3.05) is 12.4 Å². The normalized spacial score (nSPS) is 10.7. The first-order valence-electron chi connectivity index (χ1n) is 7.99. The molecule has 0 amide bonds. The van der Waals surface area contributed by atoms with Gasteiger partial charge < -0.3 is 4.74 Å². The van der Waals surface area contributed by atoms with Crippen molar-refractivity contribution in [1.82, 2.24) is 0 Å². The lowest BCUT2D eigenvalue weighted by atomic mass is 9.99. The summed E-state index contributed by atoms with van der Waals surface area (Å²) in [6.45, 7) is 6.27. The van der Waals surface area contributed by atoms with Crippen LogP contribution in [-0.2, 0) is 4.74 Å². The van der Waals surface area contributed by atoms with Gasteiger partial charge in [-0.2, -0.15) is 0 Å². The second kappa shape index (κ2) is 9.58. The summed E-state index contributed by atoms with van der Waals surface area (Å²) < 4.78 is 5.27. The minimum Gasteiger partial charge on any atom is -0.498 e. The number of hydrogen-bond acceptors (Lipinski definition) is 5. The Morgan fingerprint density at radius 3 is 2.65 bits per heavy atom. The number of benzene rings is 2. The van der Waals surface area contributed by atoms with Crippen molar-refractivity contribution in [3.8, 4) is 0 Å². The van der Waals surface area contributed by atoms with Gasteiger partial charge in [0.05, 0.1) is 23.0 Å². The lowest BCUT2D eigenvalue weighted by Gasteiger charge is -2.05. The van der Waals surface area contributed by atoms with E-state index in [9.17, 15) is 14.9 Å². The van der Waals surface area contributed by atoms with Crippen LogP contribution in [0.4, 0.5) is 5.69 Å². The van der Waals surface area contributed by atoms with Crippen molar-refractivity contribution in [2.45, 2.75) is 6.92 Å². The summed E-state index contributed by atoms with van der Waals surface area (Å²) in [4.78, 5) is 23.4. The molecule has 6 heteroatoms. The van der Waals surface area contributed by atoms with Gasteiger partial charge in [0.15, 0.2) is 5.78 Å². The third-order valence-electron chi connectivity index (χ3n) is 3.45. The van der Waals surface area contributed by atoms with Crippen molar-refractivity contribution in [2.24, 2.45) is 0 Å². The predicted octanol–water partition coefficient (Wildman–Crippen LogP) is 5.08. The molecule has 26 heavy (non-hydrogen) atoms. The highest BCUT2D eigenvalue weighted by Crippen LogP contribution is 2.24. The van der Waals surface area contributed by atoms with Gasteiger partial charge in [-0.25, -0.2) is 0 Å². The molecule has 0 aliphatic rings. The van der Waals surface area contributed by atoms with Crippen molar-refractivity contribution >= 4 is 29.3 Å². The zero-order valence-corrected chi connectivity index (χ0v) is 15.2. The third-order valence-corrected chi connectivity index (χ3v) is 4.26. The summed E-state index contributed by atoms with van der Waals surface area (Å²) in [6, 6.07) is 13.1. The second-order valence-corrected chi connectivity index (χ2v) is 6.21. The topological polar surface area (TPSA) is 69.4 Å². The van der Waals surface area contributed by atoms with E-state index in [2.05, 4.69) is 6.58 Å². The van der Waals surface area contributed by atoms with E-state index in [1.54, 1.807) is 48.5 Å². The minimum absolute atomic E-state index is 0.0760. The Balaban J connectivity index is 2.21. The smallest absolute Gasteiger partial charge is 0.280 e. The summed E-state index contributed by atoms with van der Waals surface area (Å²) >= 11 is 1.49.